The van der Waals surface area contributed by atoms with Crippen molar-refractivity contribution in [1.82, 2.24) is 10.3 Å². The number of nitrogen functional groups attached to an aromatic ring is 1. The van der Waals surface area contributed by atoms with Gasteiger partial charge in [-0.3, -0.25) is 0 Å². The lowest BCUT2D eigenvalue weighted by atomic mass is 9.93. The van der Waals surface area contributed by atoms with Gasteiger partial charge in [0.15, 0.2) is 0 Å². The SMILES string of the molecule is CCCNCCC(C)(O)c1cccnc1N. The van der Waals surface area contributed by atoms with Crippen LogP contribution < -0.4 is 11.1 Å². The molecule has 1 atom stereocenters. The number of aliphatic hydroxyl groups is 1. The second-order valence-corrected chi connectivity index (χ2v) is 4.21. The van der Waals surface area contributed by atoms with Gasteiger partial charge in [-0.05, 0) is 38.9 Å². The van der Waals surface area contributed by atoms with Gasteiger partial charge in [0.25, 0.3) is 0 Å². The first-order valence-corrected chi connectivity index (χ1v) is 5.72. The van der Waals surface area contributed by atoms with Crippen LogP contribution >= 0.6 is 0 Å². The van der Waals surface area contributed by atoms with Crippen LogP contribution in [-0.4, -0.2) is 23.2 Å². The fourth-order valence-corrected chi connectivity index (χ4v) is 1.64. The largest absolute Gasteiger partial charge is 0.385 e. The maximum Gasteiger partial charge on any atom is 0.129 e. The molecule has 0 fully saturated rings. The van der Waals surface area contributed by atoms with Crippen LogP contribution in [0.2, 0.25) is 0 Å². The molecule has 4 heteroatoms. The van der Waals surface area contributed by atoms with Crippen molar-refractivity contribution in [3.8, 4) is 0 Å². The molecule has 16 heavy (non-hydrogen) atoms. The molecule has 1 rings (SSSR count). The third kappa shape index (κ3) is 3.47. The van der Waals surface area contributed by atoms with Gasteiger partial charge in [-0.25, -0.2) is 4.98 Å². The fourth-order valence-electron chi connectivity index (χ4n) is 1.64. The van der Waals surface area contributed by atoms with Crippen LogP contribution in [0.5, 0.6) is 0 Å². The Morgan fingerprint density at radius 3 is 2.88 bits per heavy atom. The minimum atomic E-state index is -0.918. The van der Waals surface area contributed by atoms with Crippen molar-refractivity contribution in [3.05, 3.63) is 23.9 Å². The van der Waals surface area contributed by atoms with E-state index in [-0.39, 0.29) is 0 Å². The molecular weight excluding hydrogens is 202 g/mol. The van der Waals surface area contributed by atoms with Gasteiger partial charge >= 0.3 is 0 Å². The summed E-state index contributed by atoms with van der Waals surface area (Å²) in [6, 6.07) is 3.61. The van der Waals surface area contributed by atoms with Crippen LogP contribution in [0.25, 0.3) is 0 Å². The van der Waals surface area contributed by atoms with Crippen LogP contribution in [-0.2, 0) is 5.60 Å². The second-order valence-electron chi connectivity index (χ2n) is 4.21. The lowest BCUT2D eigenvalue weighted by molar-refractivity contribution is 0.0485. The molecule has 1 unspecified atom stereocenters. The summed E-state index contributed by atoms with van der Waals surface area (Å²) in [4.78, 5) is 3.99. The van der Waals surface area contributed by atoms with E-state index in [1.165, 1.54) is 0 Å². The van der Waals surface area contributed by atoms with Crippen LogP contribution in [0.4, 0.5) is 5.82 Å². The Kier molecular flexibility index (Phi) is 4.71. The lowest BCUT2D eigenvalue weighted by Gasteiger charge is -2.24. The Bertz CT molecular complexity index is 326. The smallest absolute Gasteiger partial charge is 0.129 e. The average Bonchev–Trinajstić information content (AvgIpc) is 2.25. The van der Waals surface area contributed by atoms with Crippen molar-refractivity contribution in [3.63, 3.8) is 0 Å². The molecule has 90 valence electrons. The van der Waals surface area contributed by atoms with Crippen molar-refractivity contribution in [2.75, 3.05) is 18.8 Å². The molecule has 1 heterocycles. The van der Waals surface area contributed by atoms with Crippen molar-refractivity contribution in [1.29, 1.82) is 0 Å². The molecule has 0 bridgehead atoms. The molecule has 0 aliphatic carbocycles. The van der Waals surface area contributed by atoms with Crippen LogP contribution in [0.15, 0.2) is 18.3 Å². The van der Waals surface area contributed by atoms with E-state index in [4.69, 9.17) is 5.73 Å². The zero-order valence-corrected chi connectivity index (χ0v) is 10.0. The van der Waals surface area contributed by atoms with Gasteiger partial charge in [0, 0.05) is 11.8 Å². The van der Waals surface area contributed by atoms with Gasteiger partial charge in [-0.1, -0.05) is 13.0 Å². The number of nitrogens with zero attached hydrogens (tertiary/aromatic N) is 1. The molecule has 0 saturated carbocycles. The highest BCUT2D eigenvalue weighted by Gasteiger charge is 2.25. The van der Waals surface area contributed by atoms with E-state index in [0.29, 0.717) is 17.8 Å². The molecule has 4 N–H and O–H groups in total. The van der Waals surface area contributed by atoms with E-state index in [1.54, 1.807) is 19.2 Å². The molecule has 1 aromatic rings. The molecule has 0 amide bonds. The number of pyridine rings is 1. The minimum Gasteiger partial charge on any atom is -0.385 e. The van der Waals surface area contributed by atoms with E-state index in [9.17, 15) is 5.11 Å². The minimum absolute atomic E-state index is 0.406. The zero-order chi connectivity index (χ0) is 12.0. The average molecular weight is 223 g/mol. The summed E-state index contributed by atoms with van der Waals surface area (Å²) < 4.78 is 0. The first kappa shape index (κ1) is 12.9. The Morgan fingerprint density at radius 2 is 2.25 bits per heavy atom. The van der Waals surface area contributed by atoms with Gasteiger partial charge in [0.2, 0.25) is 0 Å². The Hall–Kier alpha value is -1.13. The summed E-state index contributed by atoms with van der Waals surface area (Å²) in [5.41, 5.74) is 5.53. The molecular formula is C12H21N3O. The molecule has 0 aromatic carbocycles. The summed E-state index contributed by atoms with van der Waals surface area (Å²) in [6.45, 7) is 5.63. The number of nitrogens with two attached hydrogens (primary N) is 1. The number of hydrogen-bond donors (Lipinski definition) is 3. The lowest BCUT2D eigenvalue weighted by Crippen LogP contribution is -2.29. The summed E-state index contributed by atoms with van der Waals surface area (Å²) in [5, 5.41) is 13.6. The summed E-state index contributed by atoms with van der Waals surface area (Å²) in [5.74, 6) is 0.406. The summed E-state index contributed by atoms with van der Waals surface area (Å²) >= 11 is 0. The van der Waals surface area contributed by atoms with Gasteiger partial charge in [-0.15, -0.1) is 0 Å². The van der Waals surface area contributed by atoms with Gasteiger partial charge < -0.3 is 16.2 Å². The zero-order valence-electron chi connectivity index (χ0n) is 10.0. The van der Waals surface area contributed by atoms with Crippen LogP contribution in [0, 0.1) is 0 Å². The first-order chi connectivity index (χ1) is 7.58. The summed E-state index contributed by atoms with van der Waals surface area (Å²) in [6.07, 6.45) is 3.35. The number of rotatable bonds is 6. The van der Waals surface area contributed by atoms with Crippen molar-refractivity contribution in [2.45, 2.75) is 32.3 Å². The van der Waals surface area contributed by atoms with Crippen LogP contribution in [0.3, 0.4) is 0 Å². The van der Waals surface area contributed by atoms with Crippen molar-refractivity contribution >= 4 is 5.82 Å². The Balaban J connectivity index is 2.59. The Labute approximate surface area is 96.9 Å². The predicted octanol–water partition coefficient (Wildman–Crippen LogP) is 1.26. The predicted molar refractivity (Wildman–Crippen MR) is 66.0 cm³/mol. The molecule has 0 saturated heterocycles. The fraction of sp³-hybridized carbons (Fsp3) is 0.583. The number of hydrogen-bond acceptors (Lipinski definition) is 4. The van der Waals surface area contributed by atoms with Crippen molar-refractivity contribution < 1.29 is 5.11 Å². The van der Waals surface area contributed by atoms with Crippen molar-refractivity contribution in [2.24, 2.45) is 0 Å². The maximum atomic E-state index is 10.3. The maximum absolute atomic E-state index is 10.3. The summed E-state index contributed by atoms with van der Waals surface area (Å²) in [7, 11) is 0. The second kappa shape index (κ2) is 5.82. The Morgan fingerprint density at radius 1 is 1.50 bits per heavy atom. The molecule has 0 spiro atoms. The van der Waals surface area contributed by atoms with E-state index in [2.05, 4.69) is 17.2 Å². The third-order valence-corrected chi connectivity index (χ3v) is 2.63. The first-order valence-electron chi connectivity index (χ1n) is 5.72. The van der Waals surface area contributed by atoms with Gasteiger partial charge in [0.05, 0.1) is 5.60 Å². The highest BCUT2D eigenvalue weighted by molar-refractivity contribution is 5.42. The quantitative estimate of drug-likeness (QED) is 0.635. The molecule has 0 aliphatic rings. The normalized spacial score (nSPS) is 14.7. The van der Waals surface area contributed by atoms with Crippen LogP contribution in [0.1, 0.15) is 32.3 Å². The third-order valence-electron chi connectivity index (χ3n) is 2.63. The highest BCUT2D eigenvalue weighted by Crippen LogP contribution is 2.27. The van der Waals surface area contributed by atoms with E-state index in [0.717, 1.165) is 19.5 Å². The number of nitrogens with one attached hydrogen (secondary N) is 1. The molecule has 0 radical (unpaired) electrons. The monoisotopic (exact) mass is 223 g/mol. The van der Waals surface area contributed by atoms with E-state index >= 15 is 0 Å². The van der Waals surface area contributed by atoms with E-state index in [1.807, 2.05) is 6.07 Å². The van der Waals surface area contributed by atoms with Gasteiger partial charge in [-0.2, -0.15) is 0 Å². The molecule has 0 aliphatic heterocycles. The number of aromatic nitrogens is 1. The highest BCUT2D eigenvalue weighted by atomic mass is 16.3. The topological polar surface area (TPSA) is 71.2 Å². The number of anilines is 1. The molecule has 1 aromatic heterocycles. The molecule has 4 nitrogen and oxygen atoms in total. The standard InChI is InChI=1S/C12H21N3O/c1-3-7-14-9-6-12(2,16)10-5-4-8-15-11(10)13/h4-5,8,14,16H,3,6-7,9H2,1-2H3,(H2,13,15). The van der Waals surface area contributed by atoms with Gasteiger partial charge in [0.1, 0.15) is 5.82 Å². The van der Waals surface area contributed by atoms with E-state index < -0.39 is 5.60 Å².